The standard InChI is InChI=1S/C19H21N3O3S/c1-13-11-14(6-7-17(13)26(2,23)24)19-15-12-21-22(16(15)8-9-20-19)18-5-3-4-10-25-18/h6-9,11-12,18H,3-5,10H2,1-2H3. The molecule has 4 rings (SSSR count). The van der Waals surface area contributed by atoms with Crippen LogP contribution in [0.25, 0.3) is 22.2 Å². The van der Waals surface area contributed by atoms with Crippen molar-refractivity contribution >= 4 is 20.7 Å². The summed E-state index contributed by atoms with van der Waals surface area (Å²) in [7, 11) is -3.24. The van der Waals surface area contributed by atoms with Crippen molar-refractivity contribution in [2.24, 2.45) is 0 Å². The van der Waals surface area contributed by atoms with Crippen LogP contribution in [0.1, 0.15) is 31.1 Å². The predicted octanol–water partition coefficient (Wildman–Crippen LogP) is 3.51. The summed E-state index contributed by atoms with van der Waals surface area (Å²) in [6.07, 6.45) is 7.95. The molecule has 7 heteroatoms. The van der Waals surface area contributed by atoms with E-state index in [0.717, 1.165) is 48.0 Å². The lowest BCUT2D eigenvalue weighted by atomic mass is 10.1. The van der Waals surface area contributed by atoms with Crippen LogP contribution in [0.3, 0.4) is 0 Å². The Morgan fingerprint density at radius 1 is 1.23 bits per heavy atom. The number of hydrogen-bond donors (Lipinski definition) is 0. The third-order valence-corrected chi connectivity index (χ3v) is 6.06. The van der Waals surface area contributed by atoms with Gasteiger partial charge in [-0.15, -0.1) is 0 Å². The van der Waals surface area contributed by atoms with Crippen molar-refractivity contribution in [3.05, 3.63) is 42.2 Å². The van der Waals surface area contributed by atoms with Crippen molar-refractivity contribution in [2.45, 2.75) is 37.3 Å². The second-order valence-corrected chi connectivity index (χ2v) is 8.74. The Bertz CT molecular complexity index is 1070. The maximum atomic E-state index is 11.8. The molecular formula is C19H21N3O3S. The van der Waals surface area contributed by atoms with Crippen molar-refractivity contribution in [1.82, 2.24) is 14.8 Å². The summed E-state index contributed by atoms with van der Waals surface area (Å²) in [6.45, 7) is 2.56. The fraction of sp³-hybridized carbons (Fsp3) is 0.368. The Hall–Kier alpha value is -2.25. The second kappa shape index (κ2) is 6.48. The molecule has 0 aliphatic carbocycles. The van der Waals surface area contributed by atoms with E-state index in [1.165, 1.54) is 6.26 Å². The third-order valence-electron chi connectivity index (χ3n) is 4.80. The monoisotopic (exact) mass is 371 g/mol. The molecule has 1 aliphatic rings. The first-order chi connectivity index (χ1) is 12.4. The van der Waals surface area contributed by atoms with Gasteiger partial charge in [0.2, 0.25) is 0 Å². The van der Waals surface area contributed by atoms with Gasteiger partial charge in [-0.3, -0.25) is 4.98 Å². The lowest BCUT2D eigenvalue weighted by molar-refractivity contribution is -0.0366. The number of sulfone groups is 1. The van der Waals surface area contributed by atoms with Gasteiger partial charge in [0.25, 0.3) is 0 Å². The molecule has 1 aromatic carbocycles. The predicted molar refractivity (Wildman–Crippen MR) is 99.7 cm³/mol. The van der Waals surface area contributed by atoms with Crippen molar-refractivity contribution in [2.75, 3.05) is 12.9 Å². The Balaban J connectivity index is 1.80. The summed E-state index contributed by atoms with van der Waals surface area (Å²) < 4.78 is 31.5. The Morgan fingerprint density at radius 2 is 2.08 bits per heavy atom. The van der Waals surface area contributed by atoms with Crippen molar-refractivity contribution in [3.63, 3.8) is 0 Å². The van der Waals surface area contributed by atoms with Gasteiger partial charge in [-0.05, 0) is 49.9 Å². The average molecular weight is 371 g/mol. The topological polar surface area (TPSA) is 74.1 Å². The highest BCUT2D eigenvalue weighted by Gasteiger charge is 2.20. The number of benzene rings is 1. The van der Waals surface area contributed by atoms with E-state index in [4.69, 9.17) is 4.74 Å². The number of hydrogen-bond acceptors (Lipinski definition) is 5. The van der Waals surface area contributed by atoms with Gasteiger partial charge in [0.1, 0.15) is 0 Å². The average Bonchev–Trinajstić information content (AvgIpc) is 3.05. The lowest BCUT2D eigenvalue weighted by Crippen LogP contribution is -2.18. The number of nitrogens with zero attached hydrogens (tertiary/aromatic N) is 3. The van der Waals surface area contributed by atoms with Crippen LogP contribution in [0, 0.1) is 6.92 Å². The maximum absolute atomic E-state index is 11.8. The lowest BCUT2D eigenvalue weighted by Gasteiger charge is -2.23. The summed E-state index contributed by atoms with van der Waals surface area (Å²) in [5.41, 5.74) is 3.37. The van der Waals surface area contributed by atoms with Gasteiger partial charge in [-0.2, -0.15) is 5.10 Å². The van der Waals surface area contributed by atoms with Crippen LogP contribution < -0.4 is 0 Å². The molecule has 1 unspecified atom stereocenters. The molecule has 26 heavy (non-hydrogen) atoms. The maximum Gasteiger partial charge on any atom is 0.175 e. The number of pyridine rings is 1. The van der Waals surface area contributed by atoms with Gasteiger partial charge in [0.05, 0.1) is 22.3 Å². The largest absolute Gasteiger partial charge is 0.356 e. The summed E-state index contributed by atoms with van der Waals surface area (Å²) >= 11 is 0. The van der Waals surface area contributed by atoms with Crippen LogP contribution in [0.15, 0.2) is 41.6 Å². The smallest absolute Gasteiger partial charge is 0.175 e. The Labute approximate surface area is 152 Å². The Kier molecular flexibility index (Phi) is 4.28. The molecule has 0 radical (unpaired) electrons. The minimum atomic E-state index is -3.24. The summed E-state index contributed by atoms with van der Waals surface area (Å²) in [5, 5.41) is 5.48. The molecule has 3 aromatic rings. The first-order valence-corrected chi connectivity index (χ1v) is 10.6. The SMILES string of the molecule is Cc1cc(-c2nccc3c2cnn3C2CCCCO2)ccc1S(C)(=O)=O. The molecule has 0 bridgehead atoms. The molecule has 3 heterocycles. The molecule has 1 saturated heterocycles. The molecule has 1 fully saturated rings. The first-order valence-electron chi connectivity index (χ1n) is 8.70. The van der Waals surface area contributed by atoms with Crippen LogP contribution >= 0.6 is 0 Å². The fourth-order valence-electron chi connectivity index (χ4n) is 3.56. The highest BCUT2D eigenvalue weighted by atomic mass is 32.2. The van der Waals surface area contributed by atoms with Crippen molar-refractivity contribution in [3.8, 4) is 11.3 Å². The fourth-order valence-corrected chi connectivity index (χ4v) is 4.52. The van der Waals surface area contributed by atoms with Gasteiger partial charge in [-0.25, -0.2) is 13.1 Å². The van der Waals surface area contributed by atoms with Crippen molar-refractivity contribution in [1.29, 1.82) is 0 Å². The van der Waals surface area contributed by atoms with Crippen LogP contribution in [-0.4, -0.2) is 36.0 Å². The molecule has 0 saturated carbocycles. The Morgan fingerprint density at radius 3 is 2.77 bits per heavy atom. The second-order valence-electron chi connectivity index (χ2n) is 6.76. The minimum Gasteiger partial charge on any atom is -0.356 e. The number of fused-ring (bicyclic) bond motifs is 1. The van der Waals surface area contributed by atoms with E-state index in [1.807, 2.05) is 23.0 Å². The molecule has 1 aliphatic heterocycles. The number of ether oxygens (including phenoxy) is 1. The number of aryl methyl sites for hydroxylation is 1. The highest BCUT2D eigenvalue weighted by molar-refractivity contribution is 7.90. The molecule has 136 valence electrons. The van der Waals surface area contributed by atoms with Gasteiger partial charge in [0.15, 0.2) is 16.1 Å². The minimum absolute atomic E-state index is 0.0363. The van der Waals surface area contributed by atoms with E-state index in [0.29, 0.717) is 10.5 Å². The van der Waals surface area contributed by atoms with E-state index in [2.05, 4.69) is 10.1 Å². The summed E-state index contributed by atoms with van der Waals surface area (Å²) in [4.78, 5) is 4.87. The molecule has 1 atom stereocenters. The zero-order valence-corrected chi connectivity index (χ0v) is 15.7. The zero-order chi connectivity index (χ0) is 18.3. The van der Waals surface area contributed by atoms with Crippen LogP contribution in [-0.2, 0) is 14.6 Å². The van der Waals surface area contributed by atoms with Crippen LogP contribution in [0.4, 0.5) is 0 Å². The quantitative estimate of drug-likeness (QED) is 0.704. The van der Waals surface area contributed by atoms with Gasteiger partial charge in [-0.1, -0.05) is 6.07 Å². The molecule has 0 N–H and O–H groups in total. The van der Waals surface area contributed by atoms with Crippen LogP contribution in [0.2, 0.25) is 0 Å². The van der Waals surface area contributed by atoms with Gasteiger partial charge in [0, 0.05) is 30.0 Å². The molecular weight excluding hydrogens is 350 g/mol. The van der Waals surface area contributed by atoms with E-state index >= 15 is 0 Å². The third kappa shape index (κ3) is 3.01. The van der Waals surface area contributed by atoms with Crippen molar-refractivity contribution < 1.29 is 13.2 Å². The van der Waals surface area contributed by atoms with E-state index < -0.39 is 9.84 Å². The van der Waals surface area contributed by atoms with E-state index in [1.54, 1.807) is 25.3 Å². The first kappa shape index (κ1) is 17.2. The van der Waals surface area contributed by atoms with E-state index in [9.17, 15) is 8.42 Å². The summed E-state index contributed by atoms with van der Waals surface area (Å²) in [6, 6.07) is 7.27. The number of rotatable bonds is 3. The normalized spacial score (nSPS) is 18.3. The van der Waals surface area contributed by atoms with Gasteiger partial charge < -0.3 is 4.74 Å². The molecule has 2 aromatic heterocycles. The molecule has 0 amide bonds. The zero-order valence-electron chi connectivity index (χ0n) is 14.8. The summed E-state index contributed by atoms with van der Waals surface area (Å²) in [5.74, 6) is 0. The van der Waals surface area contributed by atoms with Crippen LogP contribution in [0.5, 0.6) is 0 Å². The van der Waals surface area contributed by atoms with E-state index in [-0.39, 0.29) is 6.23 Å². The molecule has 6 nitrogen and oxygen atoms in total. The highest BCUT2D eigenvalue weighted by Crippen LogP contribution is 2.32. The number of aromatic nitrogens is 3. The van der Waals surface area contributed by atoms with Gasteiger partial charge >= 0.3 is 0 Å². The molecule has 0 spiro atoms.